The third-order valence-electron chi connectivity index (χ3n) is 4.19. The zero-order chi connectivity index (χ0) is 16.8. The van der Waals surface area contributed by atoms with Crippen molar-refractivity contribution in [1.82, 2.24) is 4.90 Å². The molecule has 22 heavy (non-hydrogen) atoms. The summed E-state index contributed by atoms with van der Waals surface area (Å²) in [5.74, 6) is 0.237. The highest BCUT2D eigenvalue weighted by atomic mass is 16.6. The van der Waals surface area contributed by atoms with Gasteiger partial charge < -0.3 is 4.74 Å². The van der Waals surface area contributed by atoms with Crippen molar-refractivity contribution in [3.63, 3.8) is 0 Å². The molecule has 0 bridgehead atoms. The van der Waals surface area contributed by atoms with Gasteiger partial charge in [0.2, 0.25) is 0 Å². The molecular formula is C18H33NO3. The van der Waals surface area contributed by atoms with Gasteiger partial charge in [0.1, 0.15) is 5.60 Å². The molecular weight excluding hydrogens is 278 g/mol. The van der Waals surface area contributed by atoms with Gasteiger partial charge in [-0.25, -0.2) is 4.79 Å². The summed E-state index contributed by atoms with van der Waals surface area (Å²) in [7, 11) is 0. The number of unbranched alkanes of at least 4 members (excludes halogenated alkanes) is 2. The summed E-state index contributed by atoms with van der Waals surface area (Å²) in [5, 5.41) is 0. The van der Waals surface area contributed by atoms with Crippen LogP contribution in [0.4, 0.5) is 4.79 Å². The highest BCUT2D eigenvalue weighted by Crippen LogP contribution is 2.24. The maximum atomic E-state index is 12.7. The van der Waals surface area contributed by atoms with Crippen LogP contribution in [0.15, 0.2) is 0 Å². The molecule has 0 spiro atoms. The minimum absolute atomic E-state index is 0.0274. The van der Waals surface area contributed by atoms with Crippen molar-refractivity contribution in [3.05, 3.63) is 0 Å². The summed E-state index contributed by atoms with van der Waals surface area (Å²) in [6.45, 7) is 10.4. The molecule has 0 saturated carbocycles. The quantitative estimate of drug-likeness (QED) is 0.675. The van der Waals surface area contributed by atoms with Crippen LogP contribution >= 0.6 is 0 Å². The van der Waals surface area contributed by atoms with Gasteiger partial charge in [-0.1, -0.05) is 33.1 Å². The van der Waals surface area contributed by atoms with Crippen LogP contribution < -0.4 is 0 Å². The molecule has 1 aliphatic rings. The van der Waals surface area contributed by atoms with Crippen LogP contribution in [0.25, 0.3) is 0 Å². The molecule has 2 atom stereocenters. The van der Waals surface area contributed by atoms with Crippen molar-refractivity contribution in [2.45, 2.75) is 91.2 Å². The Bertz CT molecular complexity index is 373. The van der Waals surface area contributed by atoms with Gasteiger partial charge in [0.25, 0.3) is 0 Å². The standard InChI is InChI=1S/C18H33NO3/c1-6-7-8-11-14(2)16(20)15-12-9-10-13-19(15)17(21)22-18(3,4)5/h14-15H,6-13H2,1-5H3. The second-order valence-corrected chi connectivity index (χ2v) is 7.48. The van der Waals surface area contributed by atoms with E-state index >= 15 is 0 Å². The molecule has 128 valence electrons. The lowest BCUT2D eigenvalue weighted by atomic mass is 9.89. The number of hydrogen-bond donors (Lipinski definition) is 0. The molecule has 0 aromatic heterocycles. The Balaban J connectivity index is 2.67. The number of nitrogens with zero attached hydrogens (tertiary/aromatic N) is 1. The highest BCUT2D eigenvalue weighted by Gasteiger charge is 2.36. The van der Waals surface area contributed by atoms with Crippen LogP contribution in [0.2, 0.25) is 0 Å². The predicted octanol–water partition coefficient (Wildman–Crippen LogP) is 4.56. The number of rotatable bonds is 6. The second-order valence-electron chi connectivity index (χ2n) is 7.48. The smallest absolute Gasteiger partial charge is 0.410 e. The number of Topliss-reactive ketones (excluding diaryl/α,β-unsaturated/α-hetero) is 1. The molecule has 0 aromatic carbocycles. The number of carbonyl (C=O) groups excluding carboxylic acids is 2. The first-order valence-electron chi connectivity index (χ1n) is 8.79. The molecule has 0 N–H and O–H groups in total. The summed E-state index contributed by atoms with van der Waals surface area (Å²) in [4.78, 5) is 26.7. The van der Waals surface area contributed by atoms with Crippen molar-refractivity contribution >= 4 is 11.9 Å². The van der Waals surface area contributed by atoms with E-state index in [0.29, 0.717) is 6.54 Å². The van der Waals surface area contributed by atoms with Gasteiger partial charge in [-0.3, -0.25) is 9.69 Å². The molecule has 1 amide bonds. The third kappa shape index (κ3) is 5.98. The Morgan fingerprint density at radius 3 is 2.50 bits per heavy atom. The van der Waals surface area contributed by atoms with E-state index in [1.54, 1.807) is 4.90 Å². The third-order valence-corrected chi connectivity index (χ3v) is 4.19. The first-order valence-corrected chi connectivity index (χ1v) is 8.79. The average molecular weight is 311 g/mol. The van der Waals surface area contributed by atoms with Crippen LogP contribution in [-0.2, 0) is 9.53 Å². The van der Waals surface area contributed by atoms with Crippen LogP contribution in [0, 0.1) is 5.92 Å². The molecule has 0 radical (unpaired) electrons. The predicted molar refractivity (Wildman–Crippen MR) is 88.9 cm³/mol. The normalized spacial score (nSPS) is 20.6. The van der Waals surface area contributed by atoms with Crippen molar-refractivity contribution < 1.29 is 14.3 Å². The number of piperidine rings is 1. The molecule has 1 aliphatic heterocycles. The Morgan fingerprint density at radius 1 is 1.23 bits per heavy atom. The van der Waals surface area contributed by atoms with Gasteiger partial charge in [0.05, 0.1) is 6.04 Å². The molecule has 0 aromatic rings. The molecule has 1 saturated heterocycles. The number of hydrogen-bond acceptors (Lipinski definition) is 3. The van der Waals surface area contributed by atoms with Gasteiger partial charge >= 0.3 is 6.09 Å². The first kappa shape index (κ1) is 19.0. The fourth-order valence-corrected chi connectivity index (χ4v) is 2.94. The van der Waals surface area contributed by atoms with Gasteiger partial charge in [0.15, 0.2) is 5.78 Å². The second kappa shape index (κ2) is 8.54. The Morgan fingerprint density at radius 2 is 1.91 bits per heavy atom. The van der Waals surface area contributed by atoms with Crippen LogP contribution in [0.5, 0.6) is 0 Å². The van der Waals surface area contributed by atoms with E-state index in [1.807, 2.05) is 27.7 Å². The number of ether oxygens (including phenoxy) is 1. The van der Waals surface area contributed by atoms with Crippen LogP contribution in [0.1, 0.15) is 79.6 Å². The van der Waals surface area contributed by atoms with Crippen LogP contribution in [0.3, 0.4) is 0 Å². The van der Waals surface area contributed by atoms with E-state index in [-0.39, 0.29) is 23.8 Å². The fourth-order valence-electron chi connectivity index (χ4n) is 2.94. The van der Waals surface area contributed by atoms with E-state index < -0.39 is 5.60 Å². The molecule has 4 heteroatoms. The van der Waals surface area contributed by atoms with Gasteiger partial charge in [-0.05, 0) is 46.5 Å². The largest absolute Gasteiger partial charge is 0.444 e. The van der Waals surface area contributed by atoms with E-state index in [4.69, 9.17) is 4.74 Å². The molecule has 1 fully saturated rings. The Kier molecular flexibility index (Phi) is 7.37. The zero-order valence-corrected chi connectivity index (χ0v) is 15.0. The maximum Gasteiger partial charge on any atom is 0.410 e. The SMILES string of the molecule is CCCCCC(C)C(=O)C1CCCCN1C(=O)OC(C)(C)C. The van der Waals surface area contributed by atoms with Gasteiger partial charge in [-0.15, -0.1) is 0 Å². The van der Waals surface area contributed by atoms with Crippen molar-refractivity contribution in [2.24, 2.45) is 5.92 Å². The molecule has 0 aliphatic carbocycles. The zero-order valence-electron chi connectivity index (χ0n) is 15.0. The van der Waals surface area contributed by atoms with Crippen molar-refractivity contribution in [1.29, 1.82) is 0 Å². The fraction of sp³-hybridized carbons (Fsp3) is 0.889. The van der Waals surface area contributed by atoms with E-state index in [9.17, 15) is 9.59 Å². The summed E-state index contributed by atoms with van der Waals surface area (Å²) in [6.07, 6.45) is 6.73. The van der Waals surface area contributed by atoms with Crippen molar-refractivity contribution in [2.75, 3.05) is 6.54 Å². The molecule has 2 unspecified atom stereocenters. The topological polar surface area (TPSA) is 46.6 Å². The monoisotopic (exact) mass is 311 g/mol. The van der Waals surface area contributed by atoms with Crippen LogP contribution in [-0.4, -0.2) is 35.0 Å². The lowest BCUT2D eigenvalue weighted by Crippen LogP contribution is -2.51. The van der Waals surface area contributed by atoms with E-state index in [2.05, 4.69) is 6.92 Å². The summed E-state index contributed by atoms with van der Waals surface area (Å²) < 4.78 is 5.47. The molecule has 4 nitrogen and oxygen atoms in total. The van der Waals surface area contributed by atoms with E-state index in [0.717, 1.165) is 44.9 Å². The summed E-state index contributed by atoms with van der Waals surface area (Å²) >= 11 is 0. The average Bonchev–Trinajstić information content (AvgIpc) is 2.44. The lowest BCUT2D eigenvalue weighted by Gasteiger charge is -2.37. The number of likely N-dealkylation sites (tertiary alicyclic amines) is 1. The minimum Gasteiger partial charge on any atom is -0.444 e. The lowest BCUT2D eigenvalue weighted by molar-refractivity contribution is -0.129. The number of ketones is 1. The van der Waals surface area contributed by atoms with Gasteiger partial charge in [0, 0.05) is 12.5 Å². The number of carbonyl (C=O) groups is 2. The van der Waals surface area contributed by atoms with Gasteiger partial charge in [-0.2, -0.15) is 0 Å². The Hall–Kier alpha value is -1.06. The Labute approximate surface area is 135 Å². The molecule has 1 rings (SSSR count). The molecule has 1 heterocycles. The minimum atomic E-state index is -0.519. The summed E-state index contributed by atoms with van der Waals surface area (Å²) in [6, 6.07) is -0.291. The van der Waals surface area contributed by atoms with Crippen molar-refractivity contribution in [3.8, 4) is 0 Å². The first-order chi connectivity index (χ1) is 10.3. The van der Waals surface area contributed by atoms with E-state index in [1.165, 1.54) is 0 Å². The summed E-state index contributed by atoms with van der Waals surface area (Å²) in [5.41, 5.74) is -0.519. The maximum absolute atomic E-state index is 12.7. The number of amides is 1. The highest BCUT2D eigenvalue weighted by molar-refractivity contribution is 5.89.